The molecular weight excluding hydrogens is 450 g/mol. The molecule has 0 saturated carbocycles. The minimum Gasteiger partial charge on any atom is -0.325 e. The number of benzene rings is 2. The molecule has 2 aromatic carbocycles. The van der Waals surface area contributed by atoms with Gasteiger partial charge in [-0.2, -0.15) is 0 Å². The number of thiophene rings is 1. The number of anilines is 1. The van der Waals surface area contributed by atoms with E-state index in [1.807, 2.05) is 42.6 Å². The number of aryl methyl sites for hydroxylation is 2. The lowest BCUT2D eigenvalue weighted by Gasteiger charge is -2.13. The summed E-state index contributed by atoms with van der Waals surface area (Å²) in [6, 6.07) is 16.7. The Hall–Kier alpha value is -2.61. The van der Waals surface area contributed by atoms with Crippen molar-refractivity contribution < 1.29 is 4.79 Å². The van der Waals surface area contributed by atoms with E-state index in [1.54, 1.807) is 34.1 Å². The molecule has 158 valence electrons. The number of hydrogen-bond donors (Lipinski definition) is 1. The van der Waals surface area contributed by atoms with Gasteiger partial charge in [0.15, 0.2) is 5.16 Å². The molecule has 1 N–H and O–H groups in total. The second-order valence-corrected chi connectivity index (χ2v) is 9.40. The lowest BCUT2D eigenvalue weighted by Crippen LogP contribution is -2.25. The Morgan fingerprint density at radius 3 is 2.84 bits per heavy atom. The van der Waals surface area contributed by atoms with Gasteiger partial charge in [-0.05, 0) is 54.6 Å². The number of hydrogen-bond acceptors (Lipinski definition) is 5. The quantitative estimate of drug-likeness (QED) is 0.291. The number of carbonyl (C=O) groups excluding carboxylic acids is 1. The number of amides is 1. The fourth-order valence-corrected chi connectivity index (χ4v) is 4.87. The second kappa shape index (κ2) is 9.68. The van der Waals surface area contributed by atoms with Gasteiger partial charge in [-0.15, -0.1) is 11.3 Å². The maximum Gasteiger partial charge on any atom is 0.262 e. The lowest BCUT2D eigenvalue weighted by atomic mass is 10.2. The first-order chi connectivity index (χ1) is 15.0. The van der Waals surface area contributed by atoms with Crippen LogP contribution in [0.5, 0.6) is 0 Å². The largest absolute Gasteiger partial charge is 0.325 e. The summed E-state index contributed by atoms with van der Waals surface area (Å²) in [6.07, 6.45) is 0.735. The summed E-state index contributed by atoms with van der Waals surface area (Å²) in [4.78, 5) is 31.6. The predicted octanol–water partition coefficient (Wildman–Crippen LogP) is 5.39. The lowest BCUT2D eigenvalue weighted by molar-refractivity contribution is -0.113. The summed E-state index contributed by atoms with van der Waals surface area (Å²) in [7, 11) is 0. The molecule has 4 aromatic rings. The van der Waals surface area contributed by atoms with Crippen LogP contribution in [0.2, 0.25) is 5.02 Å². The van der Waals surface area contributed by atoms with Crippen LogP contribution in [0.4, 0.5) is 5.69 Å². The Morgan fingerprint density at radius 2 is 2.03 bits per heavy atom. The van der Waals surface area contributed by atoms with Crippen molar-refractivity contribution >= 4 is 57.2 Å². The molecule has 0 spiro atoms. The van der Waals surface area contributed by atoms with Crippen molar-refractivity contribution in [1.82, 2.24) is 9.55 Å². The van der Waals surface area contributed by atoms with E-state index in [0.717, 1.165) is 12.0 Å². The Labute approximate surface area is 193 Å². The molecule has 5 nitrogen and oxygen atoms in total. The summed E-state index contributed by atoms with van der Waals surface area (Å²) in [5, 5.41) is 6.59. The van der Waals surface area contributed by atoms with Crippen LogP contribution in [-0.4, -0.2) is 21.2 Å². The summed E-state index contributed by atoms with van der Waals surface area (Å²) in [6.45, 7) is 2.42. The van der Waals surface area contributed by atoms with E-state index in [4.69, 9.17) is 11.6 Å². The molecule has 2 aromatic heterocycles. The molecule has 2 heterocycles. The molecule has 8 heteroatoms. The van der Waals surface area contributed by atoms with E-state index in [0.29, 0.717) is 33.3 Å². The van der Waals surface area contributed by atoms with Gasteiger partial charge in [0, 0.05) is 22.1 Å². The number of carbonyl (C=O) groups is 1. The van der Waals surface area contributed by atoms with Crippen LogP contribution in [0.15, 0.2) is 69.9 Å². The smallest absolute Gasteiger partial charge is 0.262 e. The summed E-state index contributed by atoms with van der Waals surface area (Å²) >= 11 is 8.96. The Morgan fingerprint density at radius 1 is 1.19 bits per heavy atom. The Bertz CT molecular complexity index is 1290. The summed E-state index contributed by atoms with van der Waals surface area (Å²) < 4.78 is 1.67. The van der Waals surface area contributed by atoms with Crippen molar-refractivity contribution in [3.8, 4) is 0 Å². The van der Waals surface area contributed by atoms with E-state index in [-0.39, 0.29) is 17.2 Å². The second-order valence-electron chi connectivity index (χ2n) is 6.99. The molecule has 0 aliphatic rings. The molecule has 1 amide bonds. The topological polar surface area (TPSA) is 64.0 Å². The highest BCUT2D eigenvalue weighted by Crippen LogP contribution is 2.22. The van der Waals surface area contributed by atoms with Crippen molar-refractivity contribution in [2.75, 3.05) is 11.1 Å². The van der Waals surface area contributed by atoms with Gasteiger partial charge in [0.05, 0.1) is 16.7 Å². The number of halogens is 1. The Balaban J connectivity index is 1.56. The third-order valence-electron chi connectivity index (χ3n) is 4.79. The highest BCUT2D eigenvalue weighted by molar-refractivity contribution is 7.99. The van der Waals surface area contributed by atoms with Gasteiger partial charge in [-0.1, -0.05) is 47.6 Å². The van der Waals surface area contributed by atoms with Crippen molar-refractivity contribution in [1.29, 1.82) is 0 Å². The van der Waals surface area contributed by atoms with Gasteiger partial charge in [0.1, 0.15) is 0 Å². The monoisotopic (exact) mass is 469 g/mol. The molecule has 0 radical (unpaired) electrons. The van der Waals surface area contributed by atoms with E-state index in [1.165, 1.54) is 16.6 Å². The van der Waals surface area contributed by atoms with Crippen molar-refractivity contribution in [3.05, 3.63) is 85.8 Å². The first-order valence-electron chi connectivity index (χ1n) is 9.72. The first-order valence-corrected chi connectivity index (χ1v) is 12.0. The number of aromatic nitrogens is 2. The van der Waals surface area contributed by atoms with Crippen LogP contribution in [0.25, 0.3) is 10.9 Å². The number of thioether (sulfide) groups is 1. The first kappa shape index (κ1) is 21.6. The van der Waals surface area contributed by atoms with Crippen LogP contribution in [0.3, 0.4) is 0 Å². The molecule has 0 fully saturated rings. The molecule has 0 saturated heterocycles. The normalized spacial score (nSPS) is 11.0. The van der Waals surface area contributed by atoms with Crippen LogP contribution in [0.1, 0.15) is 10.4 Å². The average Bonchev–Trinajstić information content (AvgIpc) is 3.28. The highest BCUT2D eigenvalue weighted by Gasteiger charge is 2.14. The van der Waals surface area contributed by atoms with E-state index >= 15 is 0 Å². The molecule has 31 heavy (non-hydrogen) atoms. The van der Waals surface area contributed by atoms with Crippen LogP contribution in [-0.2, 0) is 17.8 Å². The highest BCUT2D eigenvalue weighted by atomic mass is 35.5. The van der Waals surface area contributed by atoms with Crippen LogP contribution >= 0.6 is 34.7 Å². The maximum atomic E-state index is 13.1. The van der Waals surface area contributed by atoms with Gasteiger partial charge >= 0.3 is 0 Å². The fraction of sp³-hybridized carbons (Fsp3) is 0.174. The molecule has 4 rings (SSSR count). The third-order valence-corrected chi connectivity index (χ3v) is 6.94. The number of nitrogens with zero attached hydrogens (tertiary/aromatic N) is 2. The fourth-order valence-electron chi connectivity index (χ4n) is 3.18. The van der Waals surface area contributed by atoms with E-state index in [9.17, 15) is 9.59 Å². The number of nitrogens with one attached hydrogen (secondary N) is 1. The number of fused-ring (bicyclic) bond motifs is 1. The van der Waals surface area contributed by atoms with Crippen molar-refractivity contribution in [2.45, 2.75) is 25.0 Å². The maximum absolute atomic E-state index is 13.1. The summed E-state index contributed by atoms with van der Waals surface area (Å²) in [5.74, 6) is -0.0435. The van der Waals surface area contributed by atoms with Gasteiger partial charge in [0.2, 0.25) is 5.91 Å². The van der Waals surface area contributed by atoms with E-state index in [2.05, 4.69) is 16.4 Å². The predicted molar refractivity (Wildman–Crippen MR) is 130 cm³/mol. The Kier molecular flexibility index (Phi) is 6.75. The molecular formula is C23H20ClN3O2S2. The molecule has 0 unspecified atom stereocenters. The van der Waals surface area contributed by atoms with Gasteiger partial charge < -0.3 is 5.32 Å². The minimum atomic E-state index is -0.178. The average molecular weight is 470 g/mol. The number of para-hydroxylation sites is 1. The molecule has 0 atom stereocenters. The molecule has 0 bridgehead atoms. The van der Waals surface area contributed by atoms with Gasteiger partial charge in [-0.25, -0.2) is 4.98 Å². The SMILES string of the molecule is Cc1ccc(Cl)cc1NC(=O)CSc1nc2ccccc2c(=O)n1CCc1cccs1. The van der Waals surface area contributed by atoms with Crippen LogP contribution in [0, 0.1) is 6.92 Å². The standard InChI is InChI=1S/C23H20ClN3O2S2/c1-15-8-9-16(24)13-20(15)25-21(28)14-31-23-26-19-7-3-2-6-18(19)22(29)27(23)11-10-17-5-4-12-30-17/h2-9,12-13H,10-11,14H2,1H3,(H,25,28). The zero-order valence-corrected chi connectivity index (χ0v) is 19.2. The van der Waals surface area contributed by atoms with Crippen molar-refractivity contribution in [3.63, 3.8) is 0 Å². The van der Waals surface area contributed by atoms with Gasteiger partial charge in [-0.3, -0.25) is 14.2 Å². The van der Waals surface area contributed by atoms with Crippen LogP contribution < -0.4 is 10.9 Å². The molecule has 0 aliphatic carbocycles. The van der Waals surface area contributed by atoms with E-state index < -0.39 is 0 Å². The van der Waals surface area contributed by atoms with Gasteiger partial charge in [0.25, 0.3) is 5.56 Å². The summed E-state index contributed by atoms with van der Waals surface area (Å²) in [5.41, 5.74) is 2.16. The minimum absolute atomic E-state index is 0.0873. The molecule has 0 aliphatic heterocycles. The van der Waals surface area contributed by atoms with Crippen molar-refractivity contribution in [2.24, 2.45) is 0 Å². The third kappa shape index (κ3) is 5.18. The zero-order valence-electron chi connectivity index (χ0n) is 16.8. The zero-order chi connectivity index (χ0) is 21.8. The number of rotatable bonds is 7.